The molecule has 7 heteroatoms. The van der Waals surface area contributed by atoms with Crippen molar-refractivity contribution in [2.24, 2.45) is 5.73 Å². The Labute approximate surface area is 135 Å². The van der Waals surface area contributed by atoms with E-state index in [1.165, 1.54) is 6.42 Å². The normalized spacial score (nSPS) is 17.2. The highest BCUT2D eigenvalue weighted by atomic mass is 32.2. The van der Waals surface area contributed by atoms with Crippen molar-refractivity contribution in [2.45, 2.75) is 29.8 Å². The maximum Gasteiger partial charge on any atom is 0.215 e. The second kappa shape index (κ2) is 6.64. The average molecular weight is 345 g/mol. The number of sulfonamides is 1. The Morgan fingerprint density at radius 1 is 1.48 bits per heavy atom. The lowest BCUT2D eigenvalue weighted by molar-refractivity contribution is 0.361. The molecule has 116 valence electrons. The molecule has 0 amide bonds. The molecule has 0 atom stereocenters. The van der Waals surface area contributed by atoms with Crippen LogP contribution >= 0.6 is 24.0 Å². The van der Waals surface area contributed by atoms with Gasteiger partial charge in [-0.2, -0.15) is 11.8 Å². The number of thioether (sulfide) groups is 1. The predicted octanol–water partition coefficient (Wildman–Crippen LogP) is 2.03. The fourth-order valence-electron chi connectivity index (χ4n) is 2.35. The van der Waals surface area contributed by atoms with Gasteiger partial charge < -0.3 is 5.73 Å². The zero-order valence-corrected chi connectivity index (χ0v) is 14.4. The fourth-order valence-corrected chi connectivity index (χ4v) is 4.70. The van der Waals surface area contributed by atoms with Gasteiger partial charge in [0.15, 0.2) is 0 Å². The molecule has 2 rings (SSSR count). The molecule has 0 bridgehead atoms. The van der Waals surface area contributed by atoms with Crippen molar-refractivity contribution in [1.82, 2.24) is 4.72 Å². The summed E-state index contributed by atoms with van der Waals surface area (Å²) in [5, 5.41) is 0. The van der Waals surface area contributed by atoms with Crippen LogP contribution in [0.3, 0.4) is 0 Å². The van der Waals surface area contributed by atoms with E-state index >= 15 is 0 Å². The summed E-state index contributed by atoms with van der Waals surface area (Å²) in [4.78, 5) is 0.276. The summed E-state index contributed by atoms with van der Waals surface area (Å²) < 4.78 is 27.2. The lowest BCUT2D eigenvalue weighted by atomic mass is 9.84. The smallest absolute Gasteiger partial charge is 0.215 e. The van der Waals surface area contributed by atoms with Gasteiger partial charge in [-0.05, 0) is 30.7 Å². The van der Waals surface area contributed by atoms with Crippen molar-refractivity contribution in [3.8, 4) is 0 Å². The van der Waals surface area contributed by atoms with Crippen LogP contribution in [0.15, 0.2) is 24.3 Å². The summed E-state index contributed by atoms with van der Waals surface area (Å²) >= 11 is 6.66. The van der Waals surface area contributed by atoms with E-state index in [0.717, 1.165) is 12.8 Å². The van der Waals surface area contributed by atoms with Gasteiger partial charge in [0.25, 0.3) is 0 Å². The van der Waals surface area contributed by atoms with E-state index in [2.05, 4.69) is 4.72 Å². The van der Waals surface area contributed by atoms with Gasteiger partial charge in [-0.25, -0.2) is 13.1 Å². The van der Waals surface area contributed by atoms with Crippen LogP contribution in [0, 0.1) is 0 Å². The zero-order chi connectivity index (χ0) is 15.5. The van der Waals surface area contributed by atoms with Crippen molar-refractivity contribution in [3.63, 3.8) is 0 Å². The number of nitrogens with two attached hydrogens (primary N) is 1. The molecule has 0 unspecified atom stereocenters. The molecule has 1 aromatic rings. The Morgan fingerprint density at radius 3 is 2.71 bits per heavy atom. The van der Waals surface area contributed by atoms with E-state index in [1.807, 2.05) is 6.26 Å². The minimum atomic E-state index is -3.34. The first-order chi connectivity index (χ1) is 9.86. The molecule has 1 aromatic carbocycles. The lowest BCUT2D eigenvalue weighted by Gasteiger charge is -2.40. The third-order valence-electron chi connectivity index (χ3n) is 3.88. The first-order valence-corrected chi connectivity index (χ1v) is 10.1. The largest absolute Gasteiger partial charge is 0.389 e. The number of benzene rings is 1. The number of thiocarbonyl (C=S) groups is 1. The Balaban J connectivity index is 2.00. The second-order valence-corrected chi connectivity index (χ2v) is 8.91. The SMILES string of the molecule is CSC1(CNS(=O)(=O)Cc2cccc(C(N)=S)c2)CCC1. The van der Waals surface area contributed by atoms with Gasteiger partial charge in [0.2, 0.25) is 10.0 Å². The quantitative estimate of drug-likeness (QED) is 0.741. The minimum absolute atomic E-state index is 0.0477. The molecule has 1 saturated carbocycles. The maximum absolute atomic E-state index is 12.2. The second-order valence-electron chi connectivity index (χ2n) is 5.39. The van der Waals surface area contributed by atoms with Gasteiger partial charge in [0.05, 0.1) is 5.75 Å². The topological polar surface area (TPSA) is 72.2 Å². The molecule has 0 spiro atoms. The van der Waals surface area contributed by atoms with E-state index in [-0.39, 0.29) is 15.5 Å². The molecular weight excluding hydrogens is 324 g/mol. The molecule has 3 N–H and O–H groups in total. The monoisotopic (exact) mass is 344 g/mol. The molecule has 0 radical (unpaired) electrons. The molecule has 0 aliphatic heterocycles. The summed E-state index contributed by atoms with van der Waals surface area (Å²) in [5.74, 6) is -0.0477. The van der Waals surface area contributed by atoms with Crippen LogP contribution in [0.25, 0.3) is 0 Å². The van der Waals surface area contributed by atoms with Crippen LogP contribution in [0.2, 0.25) is 0 Å². The molecule has 4 nitrogen and oxygen atoms in total. The third-order valence-corrected chi connectivity index (χ3v) is 6.83. The molecule has 0 saturated heterocycles. The predicted molar refractivity (Wildman–Crippen MR) is 93.1 cm³/mol. The highest BCUT2D eigenvalue weighted by molar-refractivity contribution is 8.00. The van der Waals surface area contributed by atoms with E-state index in [9.17, 15) is 8.42 Å². The molecular formula is C14H20N2O2S3. The van der Waals surface area contributed by atoms with E-state index in [0.29, 0.717) is 17.7 Å². The number of rotatable bonds is 7. The highest BCUT2D eigenvalue weighted by Gasteiger charge is 2.36. The van der Waals surface area contributed by atoms with Crippen LogP contribution < -0.4 is 10.5 Å². The van der Waals surface area contributed by atoms with E-state index in [4.69, 9.17) is 18.0 Å². The molecule has 1 aliphatic carbocycles. The lowest BCUT2D eigenvalue weighted by Crippen LogP contribution is -2.45. The van der Waals surface area contributed by atoms with Gasteiger partial charge in [-0.1, -0.05) is 36.8 Å². The van der Waals surface area contributed by atoms with Gasteiger partial charge >= 0.3 is 0 Å². The van der Waals surface area contributed by atoms with Crippen LogP contribution in [0.5, 0.6) is 0 Å². The van der Waals surface area contributed by atoms with E-state index < -0.39 is 10.0 Å². The summed E-state index contributed by atoms with van der Waals surface area (Å²) in [6, 6.07) is 7.06. The van der Waals surface area contributed by atoms with Gasteiger partial charge in [0.1, 0.15) is 4.99 Å². The van der Waals surface area contributed by atoms with Crippen molar-refractivity contribution < 1.29 is 8.42 Å². The minimum Gasteiger partial charge on any atom is -0.389 e. The number of hydrogen-bond donors (Lipinski definition) is 2. The first kappa shape index (κ1) is 16.7. The van der Waals surface area contributed by atoms with Crippen LogP contribution in [-0.4, -0.2) is 31.0 Å². The van der Waals surface area contributed by atoms with Crippen LogP contribution in [0.1, 0.15) is 30.4 Å². The maximum atomic E-state index is 12.2. The molecule has 21 heavy (non-hydrogen) atoms. The standard InChI is InChI=1S/C14H20N2O2S3/c1-20-14(6-3-7-14)10-16-21(17,18)9-11-4-2-5-12(8-11)13(15)19/h2,4-5,8,16H,3,6-7,9-10H2,1H3,(H2,15,19). The van der Waals surface area contributed by atoms with Crippen molar-refractivity contribution in [3.05, 3.63) is 35.4 Å². The third kappa shape index (κ3) is 4.42. The van der Waals surface area contributed by atoms with Crippen molar-refractivity contribution >= 4 is 39.0 Å². The Kier molecular flexibility index (Phi) is 5.29. The average Bonchev–Trinajstić information content (AvgIpc) is 2.37. The summed E-state index contributed by atoms with van der Waals surface area (Å²) in [5.41, 5.74) is 6.96. The van der Waals surface area contributed by atoms with Gasteiger partial charge in [-0.15, -0.1) is 0 Å². The Hall–Kier alpha value is -0.630. The molecule has 0 aromatic heterocycles. The molecule has 1 fully saturated rings. The molecule has 0 heterocycles. The van der Waals surface area contributed by atoms with Gasteiger partial charge in [-0.3, -0.25) is 0 Å². The molecule has 1 aliphatic rings. The van der Waals surface area contributed by atoms with Crippen molar-refractivity contribution in [1.29, 1.82) is 0 Å². The van der Waals surface area contributed by atoms with E-state index in [1.54, 1.807) is 36.0 Å². The first-order valence-electron chi connectivity index (χ1n) is 6.77. The fraction of sp³-hybridized carbons (Fsp3) is 0.500. The van der Waals surface area contributed by atoms with Crippen molar-refractivity contribution in [2.75, 3.05) is 12.8 Å². The summed E-state index contributed by atoms with van der Waals surface area (Å²) in [6.45, 7) is 0.505. The summed E-state index contributed by atoms with van der Waals surface area (Å²) in [6.07, 6.45) is 5.37. The van der Waals surface area contributed by atoms with Gasteiger partial charge in [0, 0.05) is 16.9 Å². The Bertz CT molecular complexity index is 619. The highest BCUT2D eigenvalue weighted by Crippen LogP contribution is 2.42. The number of hydrogen-bond acceptors (Lipinski definition) is 4. The zero-order valence-electron chi connectivity index (χ0n) is 12.0. The van der Waals surface area contributed by atoms with Crippen LogP contribution in [-0.2, 0) is 15.8 Å². The Morgan fingerprint density at radius 2 is 2.19 bits per heavy atom. The number of nitrogens with one attached hydrogen (secondary N) is 1. The summed E-state index contributed by atoms with van der Waals surface area (Å²) in [7, 11) is -3.34. The van der Waals surface area contributed by atoms with Crippen LogP contribution in [0.4, 0.5) is 0 Å².